The highest BCUT2D eigenvalue weighted by Crippen LogP contribution is 2.18. The third-order valence-corrected chi connectivity index (χ3v) is 3.55. The Kier molecular flexibility index (Phi) is 5.81. The minimum Gasteiger partial charge on any atom is -0.304 e. The van der Waals surface area contributed by atoms with E-state index in [9.17, 15) is 0 Å². The standard InChI is InChI=1S/C17H25N3/c1-3-8-17(15-9-6-5-7-10-15)18-14-16-11-12-19-20(16)13-4-2/h5-7,9-12,17-18H,3-4,8,13-14H2,1-2H3. The van der Waals surface area contributed by atoms with Crippen molar-refractivity contribution in [3.05, 3.63) is 53.9 Å². The van der Waals surface area contributed by atoms with Gasteiger partial charge in [-0.25, -0.2) is 0 Å². The van der Waals surface area contributed by atoms with Crippen LogP contribution in [0.2, 0.25) is 0 Å². The molecule has 0 aliphatic heterocycles. The fourth-order valence-corrected chi connectivity index (χ4v) is 2.51. The molecule has 1 aromatic carbocycles. The summed E-state index contributed by atoms with van der Waals surface area (Å²) in [5.41, 5.74) is 2.64. The largest absolute Gasteiger partial charge is 0.304 e. The van der Waals surface area contributed by atoms with Crippen molar-refractivity contribution in [2.45, 2.75) is 52.2 Å². The van der Waals surface area contributed by atoms with Crippen molar-refractivity contribution in [3.8, 4) is 0 Å². The summed E-state index contributed by atoms with van der Waals surface area (Å²) < 4.78 is 2.10. The summed E-state index contributed by atoms with van der Waals surface area (Å²) in [6.07, 6.45) is 5.35. The van der Waals surface area contributed by atoms with Crippen LogP contribution in [0.1, 0.15) is 50.4 Å². The van der Waals surface area contributed by atoms with Crippen molar-refractivity contribution in [2.75, 3.05) is 0 Å². The fraction of sp³-hybridized carbons (Fsp3) is 0.471. The Bertz CT molecular complexity index is 490. The summed E-state index contributed by atoms with van der Waals surface area (Å²) >= 11 is 0. The first-order valence-corrected chi connectivity index (χ1v) is 7.64. The van der Waals surface area contributed by atoms with E-state index in [-0.39, 0.29) is 0 Å². The van der Waals surface area contributed by atoms with Gasteiger partial charge in [-0.1, -0.05) is 50.6 Å². The predicted molar refractivity (Wildman–Crippen MR) is 83.4 cm³/mol. The van der Waals surface area contributed by atoms with Gasteiger partial charge in [-0.3, -0.25) is 4.68 Å². The maximum absolute atomic E-state index is 4.38. The molecule has 2 aromatic rings. The van der Waals surface area contributed by atoms with E-state index in [0.717, 1.165) is 25.9 Å². The molecule has 0 bridgehead atoms. The summed E-state index contributed by atoms with van der Waals surface area (Å²) in [5, 5.41) is 8.06. The Morgan fingerprint density at radius 3 is 2.60 bits per heavy atom. The molecular formula is C17H25N3. The summed E-state index contributed by atoms with van der Waals surface area (Å²) in [4.78, 5) is 0. The van der Waals surface area contributed by atoms with E-state index in [2.05, 4.69) is 65.3 Å². The summed E-state index contributed by atoms with van der Waals surface area (Å²) in [7, 11) is 0. The highest BCUT2D eigenvalue weighted by Gasteiger charge is 2.10. The van der Waals surface area contributed by atoms with E-state index < -0.39 is 0 Å². The predicted octanol–water partition coefficient (Wildman–Crippen LogP) is 3.92. The molecule has 1 heterocycles. The number of benzene rings is 1. The zero-order valence-corrected chi connectivity index (χ0v) is 12.5. The van der Waals surface area contributed by atoms with Crippen LogP contribution in [0.3, 0.4) is 0 Å². The van der Waals surface area contributed by atoms with Crippen LogP contribution < -0.4 is 5.32 Å². The van der Waals surface area contributed by atoms with Gasteiger partial charge in [0.1, 0.15) is 0 Å². The van der Waals surface area contributed by atoms with E-state index in [1.807, 2.05) is 6.20 Å². The van der Waals surface area contributed by atoms with E-state index in [1.165, 1.54) is 17.7 Å². The van der Waals surface area contributed by atoms with Crippen LogP contribution in [0.5, 0.6) is 0 Å². The molecule has 0 saturated heterocycles. The lowest BCUT2D eigenvalue weighted by Crippen LogP contribution is -2.22. The number of aromatic nitrogens is 2. The molecule has 0 radical (unpaired) electrons. The van der Waals surface area contributed by atoms with Crippen molar-refractivity contribution in [1.29, 1.82) is 0 Å². The highest BCUT2D eigenvalue weighted by atomic mass is 15.3. The first-order valence-electron chi connectivity index (χ1n) is 7.64. The van der Waals surface area contributed by atoms with Gasteiger partial charge in [-0.2, -0.15) is 5.10 Å². The zero-order valence-electron chi connectivity index (χ0n) is 12.5. The average molecular weight is 271 g/mol. The number of nitrogens with zero attached hydrogens (tertiary/aromatic N) is 2. The summed E-state index contributed by atoms with van der Waals surface area (Å²) in [6, 6.07) is 13.2. The minimum absolute atomic E-state index is 0.422. The lowest BCUT2D eigenvalue weighted by Gasteiger charge is -2.19. The van der Waals surface area contributed by atoms with Crippen molar-refractivity contribution in [1.82, 2.24) is 15.1 Å². The third kappa shape index (κ3) is 3.94. The monoisotopic (exact) mass is 271 g/mol. The number of nitrogens with one attached hydrogen (secondary N) is 1. The van der Waals surface area contributed by atoms with Gasteiger partial charge in [0, 0.05) is 25.3 Å². The van der Waals surface area contributed by atoms with E-state index in [1.54, 1.807) is 0 Å². The Labute approximate surface area is 122 Å². The van der Waals surface area contributed by atoms with E-state index in [0.29, 0.717) is 6.04 Å². The third-order valence-electron chi connectivity index (χ3n) is 3.55. The number of hydrogen-bond donors (Lipinski definition) is 1. The van der Waals surface area contributed by atoms with Gasteiger partial charge in [-0.05, 0) is 24.5 Å². The lowest BCUT2D eigenvalue weighted by molar-refractivity contribution is 0.470. The van der Waals surface area contributed by atoms with Crippen molar-refractivity contribution < 1.29 is 0 Å². The first kappa shape index (κ1) is 14.8. The smallest absolute Gasteiger partial charge is 0.0522 e. The zero-order chi connectivity index (χ0) is 14.2. The van der Waals surface area contributed by atoms with Crippen LogP contribution in [0.4, 0.5) is 0 Å². The van der Waals surface area contributed by atoms with E-state index in [4.69, 9.17) is 0 Å². The van der Waals surface area contributed by atoms with Gasteiger partial charge < -0.3 is 5.32 Å². The topological polar surface area (TPSA) is 29.9 Å². The Balaban J connectivity index is 2.00. The molecule has 0 spiro atoms. The molecule has 0 fully saturated rings. The minimum atomic E-state index is 0.422. The number of hydrogen-bond acceptors (Lipinski definition) is 2. The summed E-state index contributed by atoms with van der Waals surface area (Å²) in [6.45, 7) is 6.29. The molecule has 0 aliphatic carbocycles. The molecule has 2 rings (SSSR count). The lowest BCUT2D eigenvalue weighted by atomic mass is 10.0. The summed E-state index contributed by atoms with van der Waals surface area (Å²) in [5.74, 6) is 0. The highest BCUT2D eigenvalue weighted by molar-refractivity contribution is 5.19. The maximum atomic E-state index is 4.38. The Hall–Kier alpha value is -1.61. The van der Waals surface area contributed by atoms with Gasteiger partial charge >= 0.3 is 0 Å². The van der Waals surface area contributed by atoms with Crippen LogP contribution >= 0.6 is 0 Å². The van der Waals surface area contributed by atoms with Gasteiger partial charge in [-0.15, -0.1) is 0 Å². The molecule has 1 N–H and O–H groups in total. The van der Waals surface area contributed by atoms with Crippen molar-refractivity contribution in [3.63, 3.8) is 0 Å². The van der Waals surface area contributed by atoms with Gasteiger partial charge in [0.25, 0.3) is 0 Å². The Morgan fingerprint density at radius 1 is 1.10 bits per heavy atom. The van der Waals surface area contributed by atoms with Gasteiger partial charge in [0.2, 0.25) is 0 Å². The average Bonchev–Trinajstić information content (AvgIpc) is 2.92. The second kappa shape index (κ2) is 7.85. The SMILES string of the molecule is CCCC(NCc1ccnn1CCC)c1ccccc1. The molecule has 1 atom stereocenters. The Morgan fingerprint density at radius 2 is 1.90 bits per heavy atom. The van der Waals surface area contributed by atoms with E-state index >= 15 is 0 Å². The van der Waals surface area contributed by atoms with Crippen LogP contribution in [-0.2, 0) is 13.1 Å². The van der Waals surface area contributed by atoms with Gasteiger partial charge in [0.05, 0.1) is 5.69 Å². The number of aryl methyl sites for hydroxylation is 1. The molecule has 0 aliphatic rings. The molecule has 3 heteroatoms. The molecule has 1 unspecified atom stereocenters. The second-order valence-corrected chi connectivity index (χ2v) is 5.18. The second-order valence-electron chi connectivity index (χ2n) is 5.18. The normalized spacial score (nSPS) is 12.5. The molecule has 3 nitrogen and oxygen atoms in total. The first-order chi connectivity index (χ1) is 9.85. The maximum Gasteiger partial charge on any atom is 0.0522 e. The van der Waals surface area contributed by atoms with Crippen LogP contribution in [0, 0.1) is 0 Å². The van der Waals surface area contributed by atoms with Crippen molar-refractivity contribution >= 4 is 0 Å². The van der Waals surface area contributed by atoms with Gasteiger partial charge in [0.15, 0.2) is 0 Å². The van der Waals surface area contributed by atoms with Crippen molar-refractivity contribution in [2.24, 2.45) is 0 Å². The molecule has 20 heavy (non-hydrogen) atoms. The molecular weight excluding hydrogens is 246 g/mol. The molecule has 108 valence electrons. The molecule has 1 aromatic heterocycles. The molecule has 0 amide bonds. The fourth-order valence-electron chi connectivity index (χ4n) is 2.51. The van der Waals surface area contributed by atoms with Crippen LogP contribution in [0.25, 0.3) is 0 Å². The molecule has 0 saturated carbocycles. The quantitative estimate of drug-likeness (QED) is 0.788. The number of rotatable bonds is 8. The van der Waals surface area contributed by atoms with Crippen LogP contribution in [0.15, 0.2) is 42.6 Å². The van der Waals surface area contributed by atoms with Crippen LogP contribution in [-0.4, -0.2) is 9.78 Å².